The standard InChI is InChI=1S/C22H22N2O/c23-12-22(13-24)18(17-4-2-1-3-5-17)19(22)20(25)21-9-14-6-15(10-21)8-16(7-14)11-21/h1-5,14-16,18-19H,6-11H2/t14?,15?,16?,18-,19-,21?/m1/s1. The molecule has 0 radical (unpaired) electrons. The molecule has 5 saturated carbocycles. The van der Waals surface area contributed by atoms with Gasteiger partial charge in [-0.3, -0.25) is 4.79 Å². The first kappa shape index (κ1) is 15.2. The van der Waals surface area contributed by atoms with Crippen LogP contribution in [-0.4, -0.2) is 5.78 Å². The topological polar surface area (TPSA) is 64.7 Å². The molecule has 25 heavy (non-hydrogen) atoms. The van der Waals surface area contributed by atoms with Crippen molar-refractivity contribution in [1.82, 2.24) is 0 Å². The molecule has 2 atom stereocenters. The Labute approximate surface area is 148 Å². The summed E-state index contributed by atoms with van der Waals surface area (Å²) in [6, 6.07) is 14.2. The van der Waals surface area contributed by atoms with Crippen LogP contribution in [0.2, 0.25) is 0 Å². The molecule has 3 nitrogen and oxygen atoms in total. The average Bonchev–Trinajstić information content (AvgIpc) is 3.30. The fourth-order valence-electron chi connectivity index (χ4n) is 6.91. The molecule has 0 heterocycles. The van der Waals surface area contributed by atoms with Gasteiger partial charge in [-0.05, 0) is 61.8 Å². The Bertz CT molecular complexity index is 763. The molecule has 0 aromatic heterocycles. The maximum atomic E-state index is 13.7. The summed E-state index contributed by atoms with van der Waals surface area (Å²) in [5.74, 6) is 1.65. The van der Waals surface area contributed by atoms with Gasteiger partial charge < -0.3 is 0 Å². The number of rotatable bonds is 3. The molecule has 126 valence electrons. The number of carbonyl (C=O) groups is 1. The highest BCUT2D eigenvalue weighted by molar-refractivity contribution is 5.94. The van der Waals surface area contributed by atoms with Crippen LogP contribution in [0.15, 0.2) is 30.3 Å². The lowest BCUT2D eigenvalue weighted by Crippen LogP contribution is -2.50. The fourth-order valence-corrected chi connectivity index (χ4v) is 6.91. The van der Waals surface area contributed by atoms with Gasteiger partial charge in [0.25, 0.3) is 0 Å². The van der Waals surface area contributed by atoms with Gasteiger partial charge in [-0.2, -0.15) is 10.5 Å². The molecule has 6 rings (SSSR count). The van der Waals surface area contributed by atoms with Crippen molar-refractivity contribution in [2.24, 2.45) is 34.5 Å². The summed E-state index contributed by atoms with van der Waals surface area (Å²) >= 11 is 0. The van der Waals surface area contributed by atoms with Crippen molar-refractivity contribution in [3.8, 4) is 12.1 Å². The molecule has 5 aliphatic carbocycles. The van der Waals surface area contributed by atoms with Crippen molar-refractivity contribution >= 4 is 5.78 Å². The van der Waals surface area contributed by atoms with E-state index in [0.29, 0.717) is 17.8 Å². The van der Waals surface area contributed by atoms with E-state index >= 15 is 0 Å². The van der Waals surface area contributed by atoms with Crippen molar-refractivity contribution in [2.75, 3.05) is 0 Å². The summed E-state index contributed by atoms with van der Waals surface area (Å²) in [5.41, 5.74) is -0.419. The van der Waals surface area contributed by atoms with Gasteiger partial charge in [0.2, 0.25) is 0 Å². The number of hydrogen-bond donors (Lipinski definition) is 0. The SMILES string of the molecule is N#CC1(C#N)[C@H](c2ccccc2)[C@@H]1C(=O)C12CC3CC(CC(C3)C1)C2. The first-order valence-corrected chi connectivity index (χ1v) is 9.53. The van der Waals surface area contributed by atoms with Gasteiger partial charge in [0.15, 0.2) is 5.41 Å². The van der Waals surface area contributed by atoms with E-state index in [1.807, 2.05) is 30.3 Å². The second-order valence-corrected chi connectivity index (χ2v) is 9.02. The molecule has 0 spiro atoms. The molecule has 5 fully saturated rings. The molecule has 1 aromatic carbocycles. The Kier molecular flexibility index (Phi) is 3.00. The lowest BCUT2D eigenvalue weighted by atomic mass is 9.48. The van der Waals surface area contributed by atoms with E-state index in [-0.39, 0.29) is 17.1 Å². The van der Waals surface area contributed by atoms with Gasteiger partial charge in [-0.15, -0.1) is 0 Å². The largest absolute Gasteiger partial charge is 0.299 e. The van der Waals surface area contributed by atoms with E-state index in [9.17, 15) is 15.3 Å². The van der Waals surface area contributed by atoms with E-state index in [1.54, 1.807) is 0 Å². The van der Waals surface area contributed by atoms with Gasteiger partial charge >= 0.3 is 0 Å². The summed E-state index contributed by atoms with van der Waals surface area (Å²) in [6.45, 7) is 0. The summed E-state index contributed by atoms with van der Waals surface area (Å²) in [5, 5.41) is 19.5. The number of nitriles is 2. The van der Waals surface area contributed by atoms with Crippen LogP contribution in [-0.2, 0) is 4.79 Å². The summed E-state index contributed by atoms with van der Waals surface area (Å²) in [4.78, 5) is 13.7. The van der Waals surface area contributed by atoms with E-state index < -0.39 is 11.3 Å². The molecule has 3 heteroatoms. The zero-order chi connectivity index (χ0) is 17.2. The lowest BCUT2D eigenvalue weighted by molar-refractivity contribution is -0.145. The molecule has 0 saturated heterocycles. The van der Waals surface area contributed by atoms with Crippen LogP contribution in [0, 0.1) is 57.2 Å². The first-order chi connectivity index (χ1) is 12.1. The van der Waals surface area contributed by atoms with Crippen molar-refractivity contribution in [1.29, 1.82) is 10.5 Å². The first-order valence-electron chi connectivity index (χ1n) is 9.53. The van der Waals surface area contributed by atoms with Crippen molar-refractivity contribution in [3.63, 3.8) is 0 Å². The lowest BCUT2D eigenvalue weighted by Gasteiger charge is -2.56. The van der Waals surface area contributed by atoms with E-state index in [4.69, 9.17) is 0 Å². The summed E-state index contributed by atoms with van der Waals surface area (Å²) in [7, 11) is 0. The van der Waals surface area contributed by atoms with Gasteiger partial charge in [-0.25, -0.2) is 0 Å². The van der Waals surface area contributed by atoms with Crippen LogP contribution in [0.25, 0.3) is 0 Å². The third kappa shape index (κ3) is 1.93. The quantitative estimate of drug-likeness (QED) is 0.833. The van der Waals surface area contributed by atoms with Gasteiger partial charge in [0.05, 0.1) is 18.1 Å². The smallest absolute Gasteiger partial charge is 0.161 e. The third-order valence-corrected chi connectivity index (χ3v) is 7.58. The normalized spacial score (nSPS) is 42.4. The van der Waals surface area contributed by atoms with Crippen LogP contribution < -0.4 is 0 Å². The van der Waals surface area contributed by atoms with Crippen LogP contribution >= 0.6 is 0 Å². The number of carbonyl (C=O) groups excluding carboxylic acids is 1. The molecule has 0 N–H and O–H groups in total. The molecule has 4 bridgehead atoms. The molecule has 0 aliphatic heterocycles. The molecule has 5 aliphatic rings. The monoisotopic (exact) mass is 330 g/mol. The van der Waals surface area contributed by atoms with Gasteiger partial charge in [0.1, 0.15) is 5.78 Å². The Morgan fingerprint density at radius 1 is 0.920 bits per heavy atom. The maximum Gasteiger partial charge on any atom is 0.161 e. The van der Waals surface area contributed by atoms with E-state index in [1.165, 1.54) is 19.3 Å². The number of benzene rings is 1. The van der Waals surface area contributed by atoms with Crippen LogP contribution in [0.5, 0.6) is 0 Å². The fraction of sp³-hybridized carbons (Fsp3) is 0.591. The zero-order valence-corrected chi connectivity index (χ0v) is 14.3. The summed E-state index contributed by atoms with van der Waals surface area (Å²) in [6.07, 6.45) is 6.89. The molecular formula is C22H22N2O. The van der Waals surface area contributed by atoms with Crippen molar-refractivity contribution in [3.05, 3.63) is 35.9 Å². The third-order valence-electron chi connectivity index (χ3n) is 7.58. The zero-order valence-electron chi connectivity index (χ0n) is 14.3. The Hall–Kier alpha value is -2.13. The van der Waals surface area contributed by atoms with Crippen molar-refractivity contribution in [2.45, 2.75) is 44.4 Å². The predicted octanol–water partition coefficient (Wildman–Crippen LogP) is 4.22. The number of Topliss-reactive ketones (excluding diaryl/α,β-unsaturated/α-hetero) is 1. The Balaban J connectivity index is 1.51. The molecule has 1 aromatic rings. The number of nitrogens with zero attached hydrogens (tertiary/aromatic N) is 2. The minimum atomic E-state index is -1.15. The number of hydrogen-bond acceptors (Lipinski definition) is 3. The molecular weight excluding hydrogens is 308 g/mol. The highest BCUT2D eigenvalue weighted by Gasteiger charge is 2.73. The molecule has 0 amide bonds. The van der Waals surface area contributed by atoms with E-state index in [2.05, 4.69) is 12.1 Å². The van der Waals surface area contributed by atoms with E-state index in [0.717, 1.165) is 24.8 Å². The minimum Gasteiger partial charge on any atom is -0.299 e. The highest BCUT2D eigenvalue weighted by Crippen LogP contribution is 2.70. The molecule has 0 unspecified atom stereocenters. The maximum absolute atomic E-state index is 13.7. The Morgan fingerprint density at radius 3 is 1.92 bits per heavy atom. The van der Waals surface area contributed by atoms with Crippen LogP contribution in [0.4, 0.5) is 0 Å². The van der Waals surface area contributed by atoms with Crippen LogP contribution in [0.1, 0.15) is 50.0 Å². The van der Waals surface area contributed by atoms with Gasteiger partial charge in [0, 0.05) is 11.3 Å². The number of ketones is 1. The second kappa shape index (κ2) is 4.95. The second-order valence-electron chi connectivity index (χ2n) is 9.02. The van der Waals surface area contributed by atoms with Crippen molar-refractivity contribution < 1.29 is 4.79 Å². The highest BCUT2D eigenvalue weighted by atomic mass is 16.1. The Morgan fingerprint density at radius 2 is 1.44 bits per heavy atom. The van der Waals surface area contributed by atoms with Crippen LogP contribution in [0.3, 0.4) is 0 Å². The summed E-state index contributed by atoms with van der Waals surface area (Å²) < 4.78 is 0. The average molecular weight is 330 g/mol. The van der Waals surface area contributed by atoms with Gasteiger partial charge in [-0.1, -0.05) is 30.3 Å². The predicted molar refractivity (Wildman–Crippen MR) is 91.9 cm³/mol. The minimum absolute atomic E-state index is 0.234.